The van der Waals surface area contributed by atoms with Gasteiger partial charge < -0.3 is 5.11 Å². The van der Waals surface area contributed by atoms with Gasteiger partial charge in [-0.1, -0.05) is 18.5 Å². The molecule has 1 rings (SSSR count). The van der Waals surface area contributed by atoms with Crippen LogP contribution in [0.5, 0.6) is 0 Å². The zero-order chi connectivity index (χ0) is 13.9. The fraction of sp³-hybridized carbons (Fsp3) is 0.300. The molecule has 8 heteroatoms. The van der Waals surface area contributed by atoms with Gasteiger partial charge in [-0.25, -0.2) is 17.5 Å². The Labute approximate surface area is 109 Å². The smallest absolute Gasteiger partial charge is 0.307 e. The molecule has 1 unspecified atom stereocenters. The average molecular weight is 296 g/mol. The predicted molar refractivity (Wildman–Crippen MR) is 63.4 cm³/mol. The molecule has 5 nitrogen and oxygen atoms in total. The third-order valence-electron chi connectivity index (χ3n) is 2.18. The average Bonchev–Trinajstić information content (AvgIpc) is 2.29. The lowest BCUT2D eigenvalue weighted by Crippen LogP contribution is -2.31. The van der Waals surface area contributed by atoms with Gasteiger partial charge in [0.05, 0.1) is 10.9 Å². The molecule has 2 N–H and O–H groups in total. The van der Waals surface area contributed by atoms with Crippen LogP contribution in [0.15, 0.2) is 23.1 Å². The first-order valence-corrected chi connectivity index (χ1v) is 6.77. The molecule has 0 aliphatic carbocycles. The lowest BCUT2D eigenvalue weighted by atomic mass is 10.2. The first-order chi connectivity index (χ1) is 8.24. The summed E-state index contributed by atoms with van der Waals surface area (Å²) < 4.78 is 38.6. The first kappa shape index (κ1) is 14.9. The molecule has 18 heavy (non-hydrogen) atoms. The summed E-state index contributed by atoms with van der Waals surface area (Å²) in [6.07, 6.45) is 0. The summed E-state index contributed by atoms with van der Waals surface area (Å²) in [5, 5.41) is 8.49. The summed E-state index contributed by atoms with van der Waals surface area (Å²) in [4.78, 5) is 10.1. The summed E-state index contributed by atoms with van der Waals surface area (Å²) in [7, 11) is -4.03. The van der Waals surface area contributed by atoms with E-state index >= 15 is 0 Å². The monoisotopic (exact) mass is 295 g/mol. The van der Waals surface area contributed by atoms with Gasteiger partial charge in [-0.15, -0.1) is 0 Å². The lowest BCUT2D eigenvalue weighted by Gasteiger charge is -2.10. The molecule has 0 saturated carbocycles. The summed E-state index contributed by atoms with van der Waals surface area (Å²) in [5.74, 6) is -2.78. The van der Waals surface area contributed by atoms with E-state index in [2.05, 4.69) is 4.72 Å². The number of carboxylic acid groups (broad SMARTS) is 1. The number of rotatable bonds is 5. The normalized spacial score (nSPS) is 13.3. The van der Waals surface area contributed by atoms with E-state index in [9.17, 15) is 17.6 Å². The molecule has 0 saturated heterocycles. The zero-order valence-electron chi connectivity index (χ0n) is 9.35. The van der Waals surface area contributed by atoms with Crippen LogP contribution >= 0.6 is 11.6 Å². The van der Waals surface area contributed by atoms with Crippen molar-refractivity contribution in [2.75, 3.05) is 6.54 Å². The zero-order valence-corrected chi connectivity index (χ0v) is 10.9. The standard InChI is InChI=1S/C10H11ClFNO4S/c1-6(10(14)15)5-13-18(16,17)9-4-7(12)2-3-8(9)11/h2-4,6,13H,5H2,1H3,(H,14,15). The van der Waals surface area contributed by atoms with E-state index in [1.165, 1.54) is 6.92 Å². The van der Waals surface area contributed by atoms with Crippen LogP contribution in [-0.2, 0) is 14.8 Å². The number of sulfonamides is 1. The predicted octanol–water partition coefficient (Wildman–Crippen LogP) is 1.48. The Kier molecular flexibility index (Phi) is 4.66. The van der Waals surface area contributed by atoms with Crippen LogP contribution in [0.3, 0.4) is 0 Å². The fourth-order valence-corrected chi connectivity index (χ4v) is 2.72. The summed E-state index contributed by atoms with van der Waals surface area (Å²) in [6, 6.07) is 2.92. The second-order valence-electron chi connectivity index (χ2n) is 3.67. The van der Waals surface area contributed by atoms with Crippen LogP contribution in [0.1, 0.15) is 6.92 Å². The number of halogens is 2. The van der Waals surface area contributed by atoms with Gasteiger partial charge in [0, 0.05) is 6.54 Å². The van der Waals surface area contributed by atoms with E-state index < -0.39 is 32.6 Å². The van der Waals surface area contributed by atoms with E-state index in [-0.39, 0.29) is 11.6 Å². The highest BCUT2D eigenvalue weighted by molar-refractivity contribution is 7.89. The van der Waals surface area contributed by atoms with Crippen molar-refractivity contribution in [3.63, 3.8) is 0 Å². The van der Waals surface area contributed by atoms with Gasteiger partial charge in [0.15, 0.2) is 0 Å². The number of benzene rings is 1. The van der Waals surface area contributed by atoms with E-state index in [1.807, 2.05) is 0 Å². The number of carbonyl (C=O) groups is 1. The van der Waals surface area contributed by atoms with Gasteiger partial charge in [0.1, 0.15) is 10.7 Å². The van der Waals surface area contributed by atoms with Gasteiger partial charge in [-0.05, 0) is 18.2 Å². The van der Waals surface area contributed by atoms with Crippen LogP contribution < -0.4 is 4.72 Å². The van der Waals surface area contributed by atoms with Crippen molar-refractivity contribution in [3.8, 4) is 0 Å². The van der Waals surface area contributed by atoms with Crippen molar-refractivity contribution in [2.45, 2.75) is 11.8 Å². The largest absolute Gasteiger partial charge is 0.481 e. The van der Waals surface area contributed by atoms with E-state index in [4.69, 9.17) is 16.7 Å². The quantitative estimate of drug-likeness (QED) is 0.862. The van der Waals surface area contributed by atoms with Crippen molar-refractivity contribution in [1.29, 1.82) is 0 Å². The molecular weight excluding hydrogens is 285 g/mol. The maximum Gasteiger partial charge on any atom is 0.307 e. The first-order valence-electron chi connectivity index (χ1n) is 4.91. The second-order valence-corrected chi connectivity index (χ2v) is 5.81. The molecule has 0 fully saturated rings. The molecule has 0 aliphatic rings. The number of hydrogen-bond acceptors (Lipinski definition) is 3. The van der Waals surface area contributed by atoms with Crippen LogP contribution in [0.4, 0.5) is 4.39 Å². The summed E-state index contributed by atoms with van der Waals surface area (Å²) >= 11 is 5.66. The molecule has 0 heterocycles. The van der Waals surface area contributed by atoms with Crippen LogP contribution in [0.2, 0.25) is 5.02 Å². The molecule has 0 aromatic heterocycles. The molecular formula is C10H11ClFNO4S. The van der Waals surface area contributed by atoms with Gasteiger partial charge in [-0.2, -0.15) is 0 Å². The van der Waals surface area contributed by atoms with Gasteiger partial charge in [0.2, 0.25) is 10.0 Å². The van der Waals surface area contributed by atoms with E-state index in [0.29, 0.717) is 0 Å². The van der Waals surface area contributed by atoms with Crippen molar-refractivity contribution in [2.24, 2.45) is 5.92 Å². The Bertz CT molecular complexity index is 561. The van der Waals surface area contributed by atoms with E-state index in [0.717, 1.165) is 18.2 Å². The molecule has 0 aliphatic heterocycles. The third kappa shape index (κ3) is 3.66. The van der Waals surface area contributed by atoms with Crippen molar-refractivity contribution < 1.29 is 22.7 Å². The Morgan fingerprint density at radius 2 is 2.17 bits per heavy atom. The van der Waals surface area contributed by atoms with Crippen LogP contribution in [0.25, 0.3) is 0 Å². The molecule has 0 bridgehead atoms. The van der Waals surface area contributed by atoms with Crippen LogP contribution in [0, 0.1) is 11.7 Å². The Morgan fingerprint density at radius 3 is 2.72 bits per heavy atom. The Balaban J connectivity index is 2.93. The van der Waals surface area contributed by atoms with Gasteiger partial charge in [-0.3, -0.25) is 4.79 Å². The highest BCUT2D eigenvalue weighted by Crippen LogP contribution is 2.21. The minimum absolute atomic E-state index is 0.133. The highest BCUT2D eigenvalue weighted by Gasteiger charge is 2.21. The molecule has 1 atom stereocenters. The van der Waals surface area contributed by atoms with Crippen molar-refractivity contribution in [1.82, 2.24) is 4.72 Å². The maximum atomic E-state index is 13.0. The number of hydrogen-bond donors (Lipinski definition) is 2. The minimum Gasteiger partial charge on any atom is -0.481 e. The molecule has 0 amide bonds. The molecule has 0 spiro atoms. The molecule has 1 aromatic carbocycles. The Morgan fingerprint density at radius 1 is 1.56 bits per heavy atom. The highest BCUT2D eigenvalue weighted by atomic mass is 35.5. The number of nitrogens with one attached hydrogen (secondary N) is 1. The molecule has 0 radical (unpaired) electrons. The second kappa shape index (κ2) is 5.64. The molecule has 100 valence electrons. The topological polar surface area (TPSA) is 83.5 Å². The minimum atomic E-state index is -4.03. The lowest BCUT2D eigenvalue weighted by molar-refractivity contribution is -0.140. The summed E-state index contributed by atoms with van der Waals surface area (Å²) in [5.41, 5.74) is 0. The fourth-order valence-electron chi connectivity index (χ4n) is 1.08. The number of aliphatic carboxylic acids is 1. The maximum absolute atomic E-state index is 13.0. The molecule has 1 aromatic rings. The van der Waals surface area contributed by atoms with Crippen molar-refractivity contribution in [3.05, 3.63) is 29.0 Å². The SMILES string of the molecule is CC(CNS(=O)(=O)c1cc(F)ccc1Cl)C(=O)O. The van der Waals surface area contributed by atoms with Crippen molar-refractivity contribution >= 4 is 27.6 Å². The Hall–Kier alpha value is -1.18. The third-order valence-corrected chi connectivity index (χ3v) is 4.09. The van der Waals surface area contributed by atoms with Gasteiger partial charge >= 0.3 is 5.97 Å². The van der Waals surface area contributed by atoms with E-state index in [1.54, 1.807) is 0 Å². The van der Waals surface area contributed by atoms with Gasteiger partial charge in [0.25, 0.3) is 0 Å². The number of carboxylic acids is 1. The summed E-state index contributed by atoms with van der Waals surface area (Å²) in [6.45, 7) is 1.04. The van der Waals surface area contributed by atoms with Crippen LogP contribution in [-0.4, -0.2) is 26.0 Å².